The minimum Gasteiger partial charge on any atom is -0.481 e. The second-order valence-corrected chi connectivity index (χ2v) is 11.2. The number of carboxylic acids is 1. The third kappa shape index (κ3) is 4.58. The Hall–Kier alpha value is -2.43. The minimum absolute atomic E-state index is 0.173. The molecule has 0 spiro atoms. The van der Waals surface area contributed by atoms with Crippen LogP contribution in [-0.2, 0) is 34.0 Å². The molecule has 1 saturated heterocycles. The van der Waals surface area contributed by atoms with Crippen LogP contribution in [0.1, 0.15) is 41.4 Å². The molecular formula is C24H27F3N2O4S. The molecule has 2 aromatic rings. The highest BCUT2D eigenvalue weighted by molar-refractivity contribution is 7.89. The SMILES string of the molecule is CC1CN(Cc2ccc(C(F)(F)F)cc2)CC(C)N1S(=O)(=O)[C@@H]1c2ccccc2C[C@@H]1C(=O)O. The van der Waals surface area contributed by atoms with E-state index < -0.39 is 51.0 Å². The van der Waals surface area contributed by atoms with Crippen molar-refractivity contribution in [2.75, 3.05) is 13.1 Å². The van der Waals surface area contributed by atoms with Crippen LogP contribution < -0.4 is 0 Å². The summed E-state index contributed by atoms with van der Waals surface area (Å²) in [6, 6.07) is 11.1. The lowest BCUT2D eigenvalue weighted by molar-refractivity contribution is -0.141. The Kier molecular flexibility index (Phi) is 6.52. The zero-order valence-corrected chi connectivity index (χ0v) is 19.7. The first-order valence-corrected chi connectivity index (χ1v) is 12.6. The summed E-state index contributed by atoms with van der Waals surface area (Å²) in [4.78, 5) is 14.0. The summed E-state index contributed by atoms with van der Waals surface area (Å²) < 4.78 is 67.5. The number of hydrogen-bond donors (Lipinski definition) is 1. The first-order valence-electron chi connectivity index (χ1n) is 11.1. The summed E-state index contributed by atoms with van der Waals surface area (Å²) in [5.74, 6) is -2.18. The number of nitrogens with zero attached hydrogens (tertiary/aromatic N) is 2. The normalized spacial score (nSPS) is 26.4. The summed E-state index contributed by atoms with van der Waals surface area (Å²) >= 11 is 0. The zero-order chi connectivity index (χ0) is 24.8. The maximum Gasteiger partial charge on any atom is 0.416 e. The fourth-order valence-corrected chi connectivity index (χ4v) is 7.96. The number of hydrogen-bond acceptors (Lipinski definition) is 4. The van der Waals surface area contributed by atoms with E-state index in [0.29, 0.717) is 30.8 Å². The average Bonchev–Trinajstić information content (AvgIpc) is 3.14. The summed E-state index contributed by atoms with van der Waals surface area (Å²) in [6.45, 7) is 4.73. The summed E-state index contributed by atoms with van der Waals surface area (Å²) in [5.41, 5.74) is 1.28. The van der Waals surface area contributed by atoms with Gasteiger partial charge in [0.25, 0.3) is 0 Å². The standard InChI is InChI=1S/C24H27F3N2O4S/c1-15-12-28(14-17-7-9-19(10-8-17)24(25,26)27)13-16(2)29(15)34(32,33)22-20-6-4-3-5-18(20)11-21(22)23(30)31/h3-10,15-16,21-22H,11-14H2,1-2H3,(H,30,31)/t15?,16?,21-,22+/m0/s1. The number of alkyl halides is 3. The van der Waals surface area contributed by atoms with Gasteiger partial charge in [0.1, 0.15) is 5.25 Å². The monoisotopic (exact) mass is 496 g/mol. The molecule has 1 heterocycles. The molecule has 184 valence electrons. The molecule has 4 atom stereocenters. The zero-order valence-electron chi connectivity index (χ0n) is 18.9. The highest BCUT2D eigenvalue weighted by Crippen LogP contribution is 2.44. The van der Waals surface area contributed by atoms with Gasteiger partial charge < -0.3 is 5.11 Å². The Labute approximate surface area is 197 Å². The molecule has 4 rings (SSSR count). The third-order valence-electron chi connectivity index (χ3n) is 6.70. The van der Waals surface area contributed by atoms with Crippen LogP contribution in [0.2, 0.25) is 0 Å². The molecule has 0 amide bonds. The Balaban J connectivity index is 1.53. The average molecular weight is 497 g/mol. The molecule has 1 aliphatic carbocycles. The van der Waals surface area contributed by atoms with Crippen LogP contribution in [0.25, 0.3) is 0 Å². The number of carbonyl (C=O) groups is 1. The number of halogens is 3. The summed E-state index contributed by atoms with van der Waals surface area (Å²) in [5, 5.41) is 8.62. The van der Waals surface area contributed by atoms with Gasteiger partial charge in [0.15, 0.2) is 0 Å². The molecule has 1 aliphatic heterocycles. The lowest BCUT2D eigenvalue weighted by Gasteiger charge is -2.44. The van der Waals surface area contributed by atoms with E-state index in [1.807, 2.05) is 4.90 Å². The quantitative estimate of drug-likeness (QED) is 0.679. The predicted octanol–water partition coefficient (Wildman–Crippen LogP) is 3.93. The van der Waals surface area contributed by atoms with Gasteiger partial charge in [0.05, 0.1) is 11.5 Å². The van der Waals surface area contributed by atoms with Crippen LogP contribution >= 0.6 is 0 Å². The molecule has 0 bridgehead atoms. The number of carboxylic acid groups (broad SMARTS) is 1. The van der Waals surface area contributed by atoms with Crippen molar-refractivity contribution in [3.05, 3.63) is 70.8 Å². The number of benzene rings is 2. The smallest absolute Gasteiger partial charge is 0.416 e. The van der Waals surface area contributed by atoms with Crippen molar-refractivity contribution in [2.45, 2.75) is 50.3 Å². The van der Waals surface area contributed by atoms with Crippen LogP contribution in [-0.4, -0.2) is 53.9 Å². The maximum atomic E-state index is 13.8. The molecule has 0 saturated carbocycles. The predicted molar refractivity (Wildman–Crippen MR) is 120 cm³/mol. The number of rotatable bonds is 5. The van der Waals surface area contributed by atoms with Crippen LogP contribution in [0.3, 0.4) is 0 Å². The first-order chi connectivity index (χ1) is 15.9. The lowest BCUT2D eigenvalue weighted by atomic mass is 10.1. The first kappa shape index (κ1) is 24.7. The fraction of sp³-hybridized carbons (Fsp3) is 0.458. The molecular weight excluding hydrogens is 469 g/mol. The summed E-state index contributed by atoms with van der Waals surface area (Å²) in [7, 11) is -3.99. The van der Waals surface area contributed by atoms with Crippen molar-refractivity contribution in [1.29, 1.82) is 0 Å². The van der Waals surface area contributed by atoms with Gasteiger partial charge in [-0.1, -0.05) is 36.4 Å². The van der Waals surface area contributed by atoms with Crippen molar-refractivity contribution in [3.63, 3.8) is 0 Å². The number of fused-ring (bicyclic) bond motifs is 1. The second kappa shape index (κ2) is 8.98. The fourth-order valence-electron chi connectivity index (χ4n) is 5.38. The Morgan fingerprint density at radius 2 is 1.62 bits per heavy atom. The van der Waals surface area contributed by atoms with Gasteiger partial charge in [-0.3, -0.25) is 9.69 Å². The van der Waals surface area contributed by atoms with Gasteiger partial charge >= 0.3 is 12.1 Å². The van der Waals surface area contributed by atoms with Crippen molar-refractivity contribution < 1.29 is 31.5 Å². The minimum atomic E-state index is -4.39. The van der Waals surface area contributed by atoms with Gasteiger partial charge in [-0.05, 0) is 49.1 Å². The van der Waals surface area contributed by atoms with E-state index >= 15 is 0 Å². The van der Waals surface area contributed by atoms with Crippen molar-refractivity contribution in [2.24, 2.45) is 5.92 Å². The maximum absolute atomic E-state index is 13.8. The van der Waals surface area contributed by atoms with E-state index in [1.54, 1.807) is 38.1 Å². The molecule has 2 unspecified atom stereocenters. The van der Waals surface area contributed by atoms with E-state index in [4.69, 9.17) is 0 Å². The van der Waals surface area contributed by atoms with Gasteiger partial charge in [-0.2, -0.15) is 17.5 Å². The number of aliphatic carboxylic acids is 1. The molecule has 0 radical (unpaired) electrons. The van der Waals surface area contributed by atoms with Gasteiger partial charge in [0.2, 0.25) is 10.0 Å². The molecule has 6 nitrogen and oxygen atoms in total. The van der Waals surface area contributed by atoms with Crippen LogP contribution in [0.5, 0.6) is 0 Å². The number of sulfonamides is 1. The van der Waals surface area contributed by atoms with Crippen molar-refractivity contribution in [1.82, 2.24) is 9.21 Å². The van der Waals surface area contributed by atoms with E-state index in [-0.39, 0.29) is 6.42 Å². The molecule has 2 aliphatic rings. The number of piperazine rings is 1. The van der Waals surface area contributed by atoms with Crippen LogP contribution in [0.15, 0.2) is 48.5 Å². The van der Waals surface area contributed by atoms with Crippen molar-refractivity contribution >= 4 is 16.0 Å². The highest BCUT2D eigenvalue weighted by atomic mass is 32.2. The molecule has 2 aromatic carbocycles. The van der Waals surface area contributed by atoms with Crippen LogP contribution in [0.4, 0.5) is 13.2 Å². The van der Waals surface area contributed by atoms with Gasteiger partial charge in [-0.15, -0.1) is 0 Å². The van der Waals surface area contributed by atoms with Gasteiger partial charge in [-0.25, -0.2) is 8.42 Å². The Morgan fingerprint density at radius 1 is 1.03 bits per heavy atom. The molecule has 1 fully saturated rings. The topological polar surface area (TPSA) is 77.9 Å². The van der Waals surface area contributed by atoms with Crippen LogP contribution in [0, 0.1) is 5.92 Å². The molecule has 1 N–H and O–H groups in total. The molecule has 34 heavy (non-hydrogen) atoms. The third-order valence-corrected chi connectivity index (χ3v) is 9.23. The lowest BCUT2D eigenvalue weighted by Crippen LogP contribution is -2.59. The van der Waals surface area contributed by atoms with E-state index in [2.05, 4.69) is 0 Å². The molecule has 10 heteroatoms. The second-order valence-electron chi connectivity index (χ2n) is 9.23. The Morgan fingerprint density at radius 3 is 2.18 bits per heavy atom. The molecule has 0 aromatic heterocycles. The van der Waals surface area contributed by atoms with E-state index in [0.717, 1.165) is 17.7 Å². The van der Waals surface area contributed by atoms with E-state index in [1.165, 1.54) is 16.4 Å². The van der Waals surface area contributed by atoms with Gasteiger partial charge in [0, 0.05) is 31.7 Å². The largest absolute Gasteiger partial charge is 0.481 e. The van der Waals surface area contributed by atoms with Crippen molar-refractivity contribution in [3.8, 4) is 0 Å². The highest BCUT2D eigenvalue weighted by Gasteiger charge is 2.50. The summed E-state index contributed by atoms with van der Waals surface area (Å²) in [6.07, 6.45) is -4.22. The Bertz CT molecular complexity index is 1160. The van der Waals surface area contributed by atoms with E-state index in [9.17, 15) is 31.5 Å².